The van der Waals surface area contributed by atoms with Gasteiger partial charge in [0.15, 0.2) is 0 Å². The molecule has 2 atom stereocenters. The molecule has 1 saturated heterocycles. The molecule has 0 amide bonds. The molecule has 3 aromatic rings. The van der Waals surface area contributed by atoms with Crippen LogP contribution in [0.25, 0.3) is 11.5 Å². The van der Waals surface area contributed by atoms with Crippen LogP contribution in [0.3, 0.4) is 0 Å². The van der Waals surface area contributed by atoms with Crippen molar-refractivity contribution >= 4 is 22.3 Å². The standard InChI is InChI=1S/C22H26N8OS/c1-13-12-25-8-4-10-30(13)21-26-9-6-15(27-21)19-28-20(31-29-19)22(2)7-3-5-16-17(22)14(11-23)18(24)32-16/h6,9,13,25H,3-5,7-8,10,12,24H2,1-2H3/t13-,22-/m0/s1. The van der Waals surface area contributed by atoms with Gasteiger partial charge in [0.2, 0.25) is 17.7 Å². The number of nitrogens with one attached hydrogen (secondary N) is 1. The summed E-state index contributed by atoms with van der Waals surface area (Å²) in [7, 11) is 0. The molecule has 1 fully saturated rings. The molecule has 1 aliphatic carbocycles. The predicted octanol–water partition coefficient (Wildman–Crippen LogP) is 2.87. The summed E-state index contributed by atoms with van der Waals surface area (Å²) in [4.78, 5) is 17.3. The van der Waals surface area contributed by atoms with Crippen LogP contribution in [-0.2, 0) is 11.8 Å². The molecule has 2 aliphatic rings. The molecule has 10 heteroatoms. The van der Waals surface area contributed by atoms with Crippen LogP contribution >= 0.6 is 11.3 Å². The molecule has 32 heavy (non-hydrogen) atoms. The van der Waals surface area contributed by atoms with Gasteiger partial charge in [-0.2, -0.15) is 10.2 Å². The lowest BCUT2D eigenvalue weighted by Crippen LogP contribution is -2.38. The van der Waals surface area contributed by atoms with Crippen molar-refractivity contribution in [2.75, 3.05) is 30.3 Å². The molecule has 3 N–H and O–H groups in total. The average Bonchev–Trinajstić information content (AvgIpc) is 3.35. The quantitative estimate of drug-likeness (QED) is 0.618. The summed E-state index contributed by atoms with van der Waals surface area (Å²) in [5, 5.41) is 18.0. The van der Waals surface area contributed by atoms with E-state index in [0.717, 1.165) is 55.8 Å². The second kappa shape index (κ2) is 8.15. The molecule has 0 spiro atoms. The molecule has 0 saturated carbocycles. The van der Waals surface area contributed by atoms with Gasteiger partial charge in [-0.3, -0.25) is 0 Å². The van der Waals surface area contributed by atoms with Crippen LogP contribution in [0.5, 0.6) is 0 Å². The molecule has 4 heterocycles. The minimum absolute atomic E-state index is 0.293. The molecule has 1 aliphatic heterocycles. The number of nitrogens with zero attached hydrogens (tertiary/aromatic N) is 6. The zero-order valence-electron chi connectivity index (χ0n) is 18.3. The Morgan fingerprint density at radius 3 is 3.09 bits per heavy atom. The summed E-state index contributed by atoms with van der Waals surface area (Å²) in [5.74, 6) is 1.60. The van der Waals surface area contributed by atoms with Crippen LogP contribution in [0.15, 0.2) is 16.8 Å². The zero-order chi connectivity index (χ0) is 22.3. The Bertz CT molecular complexity index is 1180. The van der Waals surface area contributed by atoms with E-state index in [2.05, 4.69) is 40.3 Å². The first-order chi connectivity index (χ1) is 15.5. The van der Waals surface area contributed by atoms with Crippen molar-refractivity contribution in [1.29, 1.82) is 5.26 Å². The fourth-order valence-electron chi connectivity index (χ4n) is 4.79. The maximum atomic E-state index is 9.71. The van der Waals surface area contributed by atoms with E-state index >= 15 is 0 Å². The lowest BCUT2D eigenvalue weighted by Gasteiger charge is -2.30. The summed E-state index contributed by atoms with van der Waals surface area (Å²) in [6.07, 6.45) is 5.49. The number of fused-ring (bicyclic) bond motifs is 1. The highest BCUT2D eigenvalue weighted by Gasteiger charge is 2.43. The smallest absolute Gasteiger partial charge is 0.237 e. The molecule has 9 nitrogen and oxygen atoms in total. The molecule has 166 valence electrons. The van der Waals surface area contributed by atoms with E-state index in [4.69, 9.17) is 20.2 Å². The third-order valence-corrected chi connectivity index (χ3v) is 7.58. The van der Waals surface area contributed by atoms with Gasteiger partial charge >= 0.3 is 0 Å². The van der Waals surface area contributed by atoms with E-state index in [0.29, 0.717) is 40.0 Å². The maximum Gasteiger partial charge on any atom is 0.237 e. The van der Waals surface area contributed by atoms with Crippen molar-refractivity contribution in [3.05, 3.63) is 34.2 Å². The van der Waals surface area contributed by atoms with Crippen molar-refractivity contribution < 1.29 is 4.52 Å². The summed E-state index contributed by atoms with van der Waals surface area (Å²) in [6.45, 7) is 7.01. The molecule has 0 aromatic carbocycles. The first-order valence-electron chi connectivity index (χ1n) is 11.0. The normalized spacial score (nSPS) is 23.4. The average molecular weight is 451 g/mol. The number of rotatable bonds is 3. The monoisotopic (exact) mass is 450 g/mol. The van der Waals surface area contributed by atoms with Gasteiger partial charge in [-0.1, -0.05) is 5.16 Å². The lowest BCUT2D eigenvalue weighted by molar-refractivity contribution is 0.300. The fraction of sp³-hybridized carbons (Fsp3) is 0.500. The molecule has 5 rings (SSSR count). The van der Waals surface area contributed by atoms with Gasteiger partial charge in [-0.15, -0.1) is 11.3 Å². The van der Waals surface area contributed by atoms with E-state index in [1.54, 1.807) is 12.3 Å². The van der Waals surface area contributed by atoms with Crippen molar-refractivity contribution in [3.8, 4) is 17.6 Å². The number of aryl methyl sites for hydroxylation is 1. The zero-order valence-corrected chi connectivity index (χ0v) is 19.1. The van der Waals surface area contributed by atoms with E-state index in [1.807, 2.05) is 0 Å². The van der Waals surface area contributed by atoms with Crippen molar-refractivity contribution in [2.24, 2.45) is 0 Å². The molecule has 0 unspecified atom stereocenters. The number of nitriles is 1. The molecule has 0 bridgehead atoms. The van der Waals surface area contributed by atoms with Crippen molar-refractivity contribution in [2.45, 2.75) is 51.0 Å². The van der Waals surface area contributed by atoms with E-state index < -0.39 is 5.41 Å². The summed E-state index contributed by atoms with van der Waals surface area (Å²) >= 11 is 1.50. The second-order valence-corrected chi connectivity index (χ2v) is 9.84. The summed E-state index contributed by atoms with van der Waals surface area (Å²) < 4.78 is 5.76. The molecular weight excluding hydrogens is 424 g/mol. The van der Waals surface area contributed by atoms with Crippen LogP contribution in [0, 0.1) is 11.3 Å². The van der Waals surface area contributed by atoms with Gasteiger partial charge in [0.25, 0.3) is 0 Å². The van der Waals surface area contributed by atoms with Gasteiger partial charge in [-0.05, 0) is 52.1 Å². The van der Waals surface area contributed by atoms with E-state index in [9.17, 15) is 5.26 Å². The van der Waals surface area contributed by atoms with Crippen LogP contribution in [-0.4, -0.2) is 45.8 Å². The Morgan fingerprint density at radius 2 is 2.25 bits per heavy atom. The van der Waals surface area contributed by atoms with Crippen LogP contribution in [0.4, 0.5) is 10.9 Å². The molecule has 3 aromatic heterocycles. The highest BCUT2D eigenvalue weighted by Crippen LogP contribution is 2.48. The van der Waals surface area contributed by atoms with Gasteiger partial charge in [0, 0.05) is 35.8 Å². The Labute approximate surface area is 190 Å². The van der Waals surface area contributed by atoms with Crippen LogP contribution in [0.2, 0.25) is 0 Å². The third kappa shape index (κ3) is 3.42. The van der Waals surface area contributed by atoms with E-state index in [1.165, 1.54) is 11.3 Å². The summed E-state index contributed by atoms with van der Waals surface area (Å²) in [5.41, 5.74) is 7.71. The van der Waals surface area contributed by atoms with Crippen molar-refractivity contribution in [3.63, 3.8) is 0 Å². The molecule has 0 radical (unpaired) electrons. The predicted molar refractivity (Wildman–Crippen MR) is 122 cm³/mol. The number of hydrogen-bond donors (Lipinski definition) is 2. The number of thiophene rings is 1. The third-order valence-electron chi connectivity index (χ3n) is 6.50. The van der Waals surface area contributed by atoms with Gasteiger partial charge in [0.1, 0.15) is 16.8 Å². The van der Waals surface area contributed by atoms with E-state index in [-0.39, 0.29) is 0 Å². The van der Waals surface area contributed by atoms with Crippen LogP contribution < -0.4 is 16.0 Å². The number of nitrogen functional groups attached to an aromatic ring is 1. The summed E-state index contributed by atoms with van der Waals surface area (Å²) in [6, 6.07) is 4.38. The number of anilines is 2. The first-order valence-corrected chi connectivity index (χ1v) is 11.8. The fourth-order valence-corrected chi connectivity index (χ4v) is 5.98. The maximum absolute atomic E-state index is 9.71. The second-order valence-electron chi connectivity index (χ2n) is 8.70. The Hall–Kier alpha value is -3.03. The largest absolute Gasteiger partial charge is 0.389 e. The minimum Gasteiger partial charge on any atom is -0.389 e. The highest BCUT2D eigenvalue weighted by atomic mass is 32.1. The van der Waals surface area contributed by atoms with Gasteiger partial charge < -0.3 is 20.5 Å². The molecular formula is C22H26N8OS. The number of aromatic nitrogens is 4. The SMILES string of the molecule is C[C@H]1CNCCCN1c1nccc(-c2noc([C@@]3(C)CCCc4sc(N)c(C#N)c43)n2)n1. The minimum atomic E-state index is -0.543. The van der Waals surface area contributed by atoms with Crippen molar-refractivity contribution in [1.82, 2.24) is 25.4 Å². The Kier molecular flexibility index (Phi) is 5.31. The number of hydrogen-bond acceptors (Lipinski definition) is 10. The van der Waals surface area contributed by atoms with Gasteiger partial charge in [-0.25, -0.2) is 9.97 Å². The topological polar surface area (TPSA) is 130 Å². The van der Waals surface area contributed by atoms with Gasteiger partial charge in [0.05, 0.1) is 11.0 Å². The Morgan fingerprint density at radius 1 is 1.38 bits per heavy atom. The highest BCUT2D eigenvalue weighted by molar-refractivity contribution is 7.16. The lowest BCUT2D eigenvalue weighted by atomic mass is 9.72. The number of nitrogens with two attached hydrogens (primary N) is 1. The first kappa shape index (κ1) is 20.8. The Balaban J connectivity index is 1.50. The van der Waals surface area contributed by atoms with Crippen LogP contribution in [0.1, 0.15) is 55.0 Å².